The van der Waals surface area contributed by atoms with Gasteiger partial charge in [-0.3, -0.25) is 19.9 Å². The summed E-state index contributed by atoms with van der Waals surface area (Å²) in [5.41, 5.74) is 2.46. The normalized spacial score (nSPS) is 15.2. The van der Waals surface area contributed by atoms with E-state index in [4.69, 9.17) is 10.4 Å². The number of aryl methyl sites for hydroxylation is 1. The molecule has 1 aliphatic rings. The summed E-state index contributed by atoms with van der Waals surface area (Å²) in [5, 5.41) is 17.1. The minimum atomic E-state index is -0.237. The monoisotopic (exact) mass is 474 g/mol. The Hall–Kier alpha value is -2.13. The van der Waals surface area contributed by atoms with Crippen molar-refractivity contribution >= 4 is 44.6 Å². The van der Waals surface area contributed by atoms with Crippen LogP contribution in [0.4, 0.5) is 0 Å². The molecule has 1 aliphatic heterocycles. The van der Waals surface area contributed by atoms with Gasteiger partial charge in [0, 0.05) is 28.9 Å². The maximum Gasteiger partial charge on any atom is 0.236 e. The molecule has 4 rings (SSSR count). The summed E-state index contributed by atoms with van der Waals surface area (Å²) in [6, 6.07) is 7.77. The van der Waals surface area contributed by atoms with Crippen LogP contribution in [0, 0.1) is 12.3 Å². The number of thioether (sulfide) groups is 1. The van der Waals surface area contributed by atoms with Gasteiger partial charge in [0.15, 0.2) is 10.8 Å². The minimum Gasteiger partial charge on any atom is -0.342 e. The third-order valence-corrected chi connectivity index (χ3v) is 7.01. The van der Waals surface area contributed by atoms with Crippen LogP contribution in [0.2, 0.25) is 0 Å². The molecule has 1 amide bonds. The Bertz CT molecular complexity index is 1100. The van der Waals surface area contributed by atoms with Gasteiger partial charge in [-0.05, 0) is 50.5 Å². The number of nitrogens with zero attached hydrogens (tertiary/aromatic N) is 4. The Labute approximate surface area is 181 Å². The Kier molecular flexibility index (Phi) is 5.78. The molecule has 1 unspecified atom stereocenters. The van der Waals surface area contributed by atoms with Crippen molar-refractivity contribution in [1.29, 1.82) is 5.41 Å². The summed E-state index contributed by atoms with van der Waals surface area (Å²) in [5.74, 6) is 0.156. The van der Waals surface area contributed by atoms with Crippen LogP contribution < -0.4 is 5.49 Å². The molecule has 3 heterocycles. The van der Waals surface area contributed by atoms with E-state index in [0.29, 0.717) is 28.1 Å². The van der Waals surface area contributed by atoms with Gasteiger partial charge in [-0.15, -0.1) is 0 Å². The lowest BCUT2D eigenvalue weighted by molar-refractivity contribution is -0.129. The molecule has 0 radical (unpaired) electrons. The number of likely N-dealkylation sites (tertiary alicyclic amines) is 1. The molecular weight excluding hydrogens is 452 g/mol. The highest BCUT2D eigenvalue weighted by Gasteiger charge is 2.28. The van der Waals surface area contributed by atoms with Gasteiger partial charge in [0.25, 0.3) is 0 Å². The van der Waals surface area contributed by atoms with E-state index in [0.717, 1.165) is 41.8 Å². The van der Waals surface area contributed by atoms with Crippen molar-refractivity contribution in [3.05, 3.63) is 39.9 Å². The maximum absolute atomic E-state index is 13.0. The third kappa shape index (κ3) is 3.85. The van der Waals surface area contributed by atoms with Crippen LogP contribution in [0.15, 0.2) is 33.9 Å². The molecule has 7 nitrogen and oxygen atoms in total. The second kappa shape index (κ2) is 8.31. The van der Waals surface area contributed by atoms with Crippen molar-refractivity contribution in [3.63, 3.8) is 0 Å². The molecule has 3 aromatic rings. The first-order chi connectivity index (χ1) is 14.0. The molecule has 1 atom stereocenters. The molecule has 1 fully saturated rings. The van der Waals surface area contributed by atoms with E-state index in [1.165, 1.54) is 11.8 Å². The number of hydrogen-bond acceptors (Lipinski definition) is 5. The number of benzene rings is 1. The summed E-state index contributed by atoms with van der Waals surface area (Å²) < 4.78 is 2.77. The van der Waals surface area contributed by atoms with Gasteiger partial charge in [-0.25, -0.2) is 4.98 Å². The van der Waals surface area contributed by atoms with E-state index < -0.39 is 0 Å². The van der Waals surface area contributed by atoms with Gasteiger partial charge >= 0.3 is 0 Å². The van der Waals surface area contributed by atoms with E-state index >= 15 is 0 Å². The number of carbonyl (C=O) groups is 1. The Morgan fingerprint density at radius 3 is 2.66 bits per heavy atom. The Morgan fingerprint density at radius 1 is 1.31 bits per heavy atom. The van der Waals surface area contributed by atoms with E-state index in [1.54, 1.807) is 0 Å². The third-order valence-electron chi connectivity index (χ3n) is 5.18. The molecule has 0 spiro atoms. The fourth-order valence-electron chi connectivity index (χ4n) is 3.61. The zero-order chi connectivity index (χ0) is 20.5. The summed E-state index contributed by atoms with van der Waals surface area (Å²) in [4.78, 5) is 19.7. The van der Waals surface area contributed by atoms with E-state index in [1.807, 2.05) is 47.6 Å². The van der Waals surface area contributed by atoms with E-state index in [9.17, 15) is 4.79 Å². The Morgan fingerprint density at radius 2 is 2.00 bits per heavy atom. The van der Waals surface area contributed by atoms with Crippen molar-refractivity contribution < 1.29 is 4.79 Å². The fraction of sp³-hybridized carbons (Fsp3) is 0.400. The highest BCUT2D eigenvalue weighted by Crippen LogP contribution is 2.29. The van der Waals surface area contributed by atoms with Crippen molar-refractivity contribution in [2.75, 3.05) is 13.1 Å². The van der Waals surface area contributed by atoms with Crippen LogP contribution in [0.5, 0.6) is 0 Å². The quantitative estimate of drug-likeness (QED) is 0.434. The zero-order valence-corrected chi connectivity index (χ0v) is 18.8. The van der Waals surface area contributed by atoms with Crippen LogP contribution in [-0.2, 0) is 4.79 Å². The van der Waals surface area contributed by atoms with Crippen molar-refractivity contribution in [2.45, 2.75) is 43.5 Å². The second-order valence-corrected chi connectivity index (χ2v) is 9.23. The average molecular weight is 475 g/mol. The van der Waals surface area contributed by atoms with Gasteiger partial charge in [0.1, 0.15) is 5.49 Å². The highest BCUT2D eigenvalue weighted by atomic mass is 79.9. The zero-order valence-electron chi connectivity index (χ0n) is 16.4. The molecule has 1 aromatic carbocycles. The highest BCUT2D eigenvalue weighted by molar-refractivity contribution is 9.10. The van der Waals surface area contributed by atoms with E-state index in [2.05, 4.69) is 26.1 Å². The van der Waals surface area contributed by atoms with E-state index in [-0.39, 0.29) is 11.2 Å². The molecule has 0 aliphatic carbocycles. The number of H-pyrrole nitrogens is 1. The first kappa shape index (κ1) is 20.2. The minimum absolute atomic E-state index is 0.156. The predicted molar refractivity (Wildman–Crippen MR) is 117 cm³/mol. The molecule has 2 aromatic heterocycles. The molecule has 9 heteroatoms. The van der Waals surface area contributed by atoms with Crippen molar-refractivity contribution in [1.82, 2.24) is 24.6 Å². The number of amides is 1. The first-order valence-electron chi connectivity index (χ1n) is 9.73. The van der Waals surface area contributed by atoms with Gasteiger partial charge in [0.2, 0.25) is 5.91 Å². The van der Waals surface area contributed by atoms with Crippen LogP contribution >= 0.6 is 27.7 Å². The Balaban J connectivity index is 1.81. The fourth-order valence-corrected chi connectivity index (χ4v) is 4.99. The number of nitrogens with one attached hydrogen (secondary N) is 2. The molecule has 2 N–H and O–H groups in total. The number of rotatable bonds is 5. The number of aromatic amines is 1. The predicted octanol–water partition coefficient (Wildman–Crippen LogP) is 3.79. The topological polar surface area (TPSA) is 90.7 Å². The van der Waals surface area contributed by atoms with Gasteiger partial charge in [0.05, 0.1) is 10.6 Å². The summed E-state index contributed by atoms with van der Waals surface area (Å²) in [7, 11) is 0. The molecule has 29 heavy (non-hydrogen) atoms. The SMILES string of the molecule is CCC(Sc1nc2n[nH]c(C)c2c(=N)n1-c1ccc(Br)cc1)C(=O)N1CCCC1. The van der Waals surface area contributed by atoms with Gasteiger partial charge in [-0.2, -0.15) is 5.10 Å². The summed E-state index contributed by atoms with van der Waals surface area (Å²) in [6.07, 6.45) is 2.84. The van der Waals surface area contributed by atoms with Gasteiger partial charge in [-0.1, -0.05) is 34.6 Å². The lowest BCUT2D eigenvalue weighted by Gasteiger charge is -2.23. The number of aromatic nitrogens is 4. The number of fused-ring (bicyclic) bond motifs is 1. The number of hydrogen-bond donors (Lipinski definition) is 2. The summed E-state index contributed by atoms with van der Waals surface area (Å²) >= 11 is 4.89. The molecule has 0 bridgehead atoms. The molecule has 1 saturated heterocycles. The van der Waals surface area contributed by atoms with Crippen LogP contribution in [-0.4, -0.2) is 48.9 Å². The van der Waals surface area contributed by atoms with Crippen molar-refractivity contribution in [3.8, 4) is 5.69 Å². The lowest BCUT2D eigenvalue weighted by atomic mass is 10.3. The second-order valence-electron chi connectivity index (χ2n) is 7.15. The number of halogens is 1. The number of carbonyl (C=O) groups excluding carboxylic acids is 1. The first-order valence-corrected chi connectivity index (χ1v) is 11.4. The maximum atomic E-state index is 13.0. The molecular formula is C20H23BrN6OS. The van der Waals surface area contributed by atoms with Crippen LogP contribution in [0.25, 0.3) is 16.7 Å². The largest absolute Gasteiger partial charge is 0.342 e. The van der Waals surface area contributed by atoms with Crippen LogP contribution in [0.1, 0.15) is 31.9 Å². The molecule has 0 saturated carbocycles. The summed E-state index contributed by atoms with van der Waals surface area (Å²) in [6.45, 7) is 5.57. The van der Waals surface area contributed by atoms with Crippen molar-refractivity contribution in [2.24, 2.45) is 0 Å². The standard InChI is InChI=1S/C20H23BrN6OS/c1-3-15(19(28)26-10-4-5-11-26)29-20-23-18-16(12(2)24-25-18)17(22)27(20)14-8-6-13(21)7-9-14/h6-9,15,22H,3-5,10-11H2,1-2H3,(H,24,25). The van der Waals surface area contributed by atoms with Gasteiger partial charge < -0.3 is 4.90 Å². The lowest BCUT2D eigenvalue weighted by Crippen LogP contribution is -2.35. The smallest absolute Gasteiger partial charge is 0.236 e. The molecule has 152 valence electrons. The van der Waals surface area contributed by atoms with Crippen LogP contribution in [0.3, 0.4) is 0 Å². The average Bonchev–Trinajstić information content (AvgIpc) is 3.37.